The third-order valence-corrected chi connectivity index (χ3v) is 3.95. The van der Waals surface area contributed by atoms with Crippen molar-refractivity contribution in [1.82, 2.24) is 10.3 Å². The SMILES string of the molecule is CCc1nc(N(C)CC(C)C)sc1CNC(C)C. The molecule has 1 heterocycles. The first-order chi connectivity index (χ1) is 8.43. The Morgan fingerprint density at radius 3 is 2.44 bits per heavy atom. The monoisotopic (exact) mass is 269 g/mol. The number of aromatic nitrogens is 1. The van der Waals surface area contributed by atoms with Crippen LogP contribution in [0, 0.1) is 5.92 Å². The molecule has 0 spiro atoms. The Morgan fingerprint density at radius 2 is 1.94 bits per heavy atom. The molecule has 0 saturated heterocycles. The molecule has 1 aromatic rings. The van der Waals surface area contributed by atoms with Crippen molar-refractivity contribution in [3.8, 4) is 0 Å². The second-order valence-corrected chi connectivity index (χ2v) is 6.59. The van der Waals surface area contributed by atoms with Gasteiger partial charge in [0.25, 0.3) is 0 Å². The zero-order valence-electron chi connectivity index (χ0n) is 12.6. The number of hydrogen-bond acceptors (Lipinski definition) is 4. The number of hydrogen-bond donors (Lipinski definition) is 1. The summed E-state index contributed by atoms with van der Waals surface area (Å²) in [6.45, 7) is 13.0. The van der Waals surface area contributed by atoms with E-state index < -0.39 is 0 Å². The fourth-order valence-electron chi connectivity index (χ4n) is 1.87. The molecular weight excluding hydrogens is 242 g/mol. The van der Waals surface area contributed by atoms with Crippen molar-refractivity contribution in [1.29, 1.82) is 0 Å². The van der Waals surface area contributed by atoms with Gasteiger partial charge < -0.3 is 10.2 Å². The largest absolute Gasteiger partial charge is 0.351 e. The normalized spacial score (nSPS) is 11.6. The first kappa shape index (κ1) is 15.4. The maximum Gasteiger partial charge on any atom is 0.185 e. The van der Waals surface area contributed by atoms with Crippen LogP contribution in [-0.2, 0) is 13.0 Å². The summed E-state index contributed by atoms with van der Waals surface area (Å²) >= 11 is 1.83. The van der Waals surface area contributed by atoms with Crippen molar-refractivity contribution in [3.05, 3.63) is 10.6 Å². The Bertz CT molecular complexity index is 358. The number of nitrogens with zero attached hydrogens (tertiary/aromatic N) is 2. The lowest BCUT2D eigenvalue weighted by atomic mass is 10.2. The Hall–Kier alpha value is -0.610. The number of rotatable bonds is 7. The van der Waals surface area contributed by atoms with Crippen LogP contribution in [-0.4, -0.2) is 24.6 Å². The van der Waals surface area contributed by atoms with Crippen LogP contribution < -0.4 is 10.2 Å². The van der Waals surface area contributed by atoms with E-state index in [9.17, 15) is 0 Å². The van der Waals surface area contributed by atoms with E-state index in [0.717, 1.165) is 24.6 Å². The van der Waals surface area contributed by atoms with Gasteiger partial charge in [-0.1, -0.05) is 34.6 Å². The van der Waals surface area contributed by atoms with Crippen molar-refractivity contribution in [2.75, 3.05) is 18.5 Å². The smallest absolute Gasteiger partial charge is 0.185 e. The van der Waals surface area contributed by atoms with E-state index in [-0.39, 0.29) is 0 Å². The van der Waals surface area contributed by atoms with Crippen LogP contribution >= 0.6 is 11.3 Å². The molecule has 1 aromatic heterocycles. The quantitative estimate of drug-likeness (QED) is 0.823. The van der Waals surface area contributed by atoms with Gasteiger partial charge in [0.05, 0.1) is 5.69 Å². The minimum atomic E-state index is 0.522. The molecule has 0 radical (unpaired) electrons. The fourth-order valence-corrected chi connectivity index (χ4v) is 2.94. The Labute approximate surface area is 116 Å². The second kappa shape index (κ2) is 7.10. The third kappa shape index (κ3) is 4.58. The summed E-state index contributed by atoms with van der Waals surface area (Å²) in [5.41, 5.74) is 1.25. The molecule has 0 aliphatic heterocycles. The zero-order chi connectivity index (χ0) is 13.7. The van der Waals surface area contributed by atoms with Gasteiger partial charge >= 0.3 is 0 Å². The van der Waals surface area contributed by atoms with Crippen molar-refractivity contribution in [2.24, 2.45) is 5.92 Å². The van der Waals surface area contributed by atoms with Gasteiger partial charge in [0.1, 0.15) is 0 Å². The number of anilines is 1. The topological polar surface area (TPSA) is 28.2 Å². The van der Waals surface area contributed by atoms with Gasteiger partial charge in [-0.15, -0.1) is 11.3 Å². The van der Waals surface area contributed by atoms with Crippen molar-refractivity contribution < 1.29 is 0 Å². The molecule has 0 unspecified atom stereocenters. The van der Waals surface area contributed by atoms with Gasteiger partial charge in [-0.25, -0.2) is 4.98 Å². The van der Waals surface area contributed by atoms with E-state index in [1.165, 1.54) is 10.6 Å². The molecule has 18 heavy (non-hydrogen) atoms. The predicted octanol–water partition coefficient (Wildman–Crippen LogP) is 3.30. The van der Waals surface area contributed by atoms with Crippen molar-refractivity contribution in [2.45, 2.75) is 53.6 Å². The van der Waals surface area contributed by atoms with Gasteiger partial charge in [0, 0.05) is 31.1 Å². The minimum Gasteiger partial charge on any atom is -0.351 e. The van der Waals surface area contributed by atoms with Crippen molar-refractivity contribution in [3.63, 3.8) is 0 Å². The lowest BCUT2D eigenvalue weighted by Crippen LogP contribution is -2.22. The molecular formula is C14H27N3S. The fraction of sp³-hybridized carbons (Fsp3) is 0.786. The maximum atomic E-state index is 4.76. The summed E-state index contributed by atoms with van der Waals surface area (Å²) in [7, 11) is 2.14. The zero-order valence-corrected chi connectivity index (χ0v) is 13.4. The molecule has 0 aliphatic carbocycles. The van der Waals surface area contributed by atoms with E-state index in [1.54, 1.807) is 0 Å². The predicted molar refractivity (Wildman–Crippen MR) is 81.6 cm³/mol. The van der Waals surface area contributed by atoms with Gasteiger partial charge in [-0.3, -0.25) is 0 Å². The molecule has 0 bridgehead atoms. The van der Waals surface area contributed by atoms with Crippen LogP contribution in [0.2, 0.25) is 0 Å². The van der Waals surface area contributed by atoms with Crippen LogP contribution in [0.15, 0.2) is 0 Å². The highest BCUT2D eigenvalue weighted by molar-refractivity contribution is 7.15. The number of nitrogens with one attached hydrogen (secondary N) is 1. The summed E-state index contributed by atoms with van der Waals surface area (Å²) in [5, 5.41) is 4.64. The Kier molecular flexibility index (Phi) is 6.09. The van der Waals surface area contributed by atoms with Crippen molar-refractivity contribution >= 4 is 16.5 Å². The van der Waals surface area contributed by atoms with E-state index in [1.807, 2.05) is 11.3 Å². The molecule has 1 N–H and O–H groups in total. The van der Waals surface area contributed by atoms with Crippen LogP contribution in [0.4, 0.5) is 5.13 Å². The molecule has 0 fully saturated rings. The van der Waals surface area contributed by atoms with E-state index in [4.69, 9.17) is 4.98 Å². The summed E-state index contributed by atoms with van der Waals surface area (Å²) in [4.78, 5) is 8.42. The maximum absolute atomic E-state index is 4.76. The van der Waals surface area contributed by atoms with E-state index in [2.05, 4.69) is 51.9 Å². The molecule has 0 saturated carbocycles. The molecule has 104 valence electrons. The highest BCUT2D eigenvalue weighted by Crippen LogP contribution is 2.26. The minimum absolute atomic E-state index is 0.522. The second-order valence-electron chi connectivity index (χ2n) is 5.53. The summed E-state index contributed by atoms with van der Waals surface area (Å²) in [6.07, 6.45) is 1.02. The molecule has 0 aromatic carbocycles. The summed E-state index contributed by atoms with van der Waals surface area (Å²) < 4.78 is 0. The van der Waals surface area contributed by atoms with Gasteiger partial charge in [-0.05, 0) is 12.3 Å². The molecule has 4 heteroatoms. The van der Waals surface area contributed by atoms with Crippen LogP contribution in [0.3, 0.4) is 0 Å². The third-order valence-electron chi connectivity index (χ3n) is 2.74. The molecule has 0 atom stereocenters. The molecule has 0 amide bonds. The standard InChI is InChI=1S/C14H27N3S/c1-7-12-13(8-15-11(4)5)18-14(16-12)17(6)9-10(2)3/h10-11,15H,7-9H2,1-6H3. The number of thiazole rings is 1. The summed E-state index contributed by atoms with van der Waals surface area (Å²) in [6, 6.07) is 0.522. The first-order valence-electron chi connectivity index (χ1n) is 6.87. The van der Waals surface area contributed by atoms with E-state index in [0.29, 0.717) is 12.0 Å². The lowest BCUT2D eigenvalue weighted by molar-refractivity contribution is 0.590. The average molecular weight is 269 g/mol. The van der Waals surface area contributed by atoms with Gasteiger partial charge in [-0.2, -0.15) is 0 Å². The first-order valence-corrected chi connectivity index (χ1v) is 7.68. The van der Waals surface area contributed by atoms with Gasteiger partial charge in [0.2, 0.25) is 0 Å². The number of aryl methyl sites for hydroxylation is 1. The Morgan fingerprint density at radius 1 is 1.28 bits per heavy atom. The molecule has 1 rings (SSSR count). The lowest BCUT2D eigenvalue weighted by Gasteiger charge is -2.17. The van der Waals surface area contributed by atoms with Crippen LogP contribution in [0.25, 0.3) is 0 Å². The van der Waals surface area contributed by atoms with Crippen LogP contribution in [0.1, 0.15) is 45.2 Å². The summed E-state index contributed by atoms with van der Waals surface area (Å²) in [5.74, 6) is 0.668. The molecule has 3 nitrogen and oxygen atoms in total. The molecule has 0 aliphatic rings. The highest BCUT2D eigenvalue weighted by Gasteiger charge is 2.13. The van der Waals surface area contributed by atoms with Crippen LogP contribution in [0.5, 0.6) is 0 Å². The Balaban J connectivity index is 2.76. The van der Waals surface area contributed by atoms with E-state index >= 15 is 0 Å². The average Bonchev–Trinajstić information content (AvgIpc) is 2.68. The highest BCUT2D eigenvalue weighted by atomic mass is 32.1. The van der Waals surface area contributed by atoms with Gasteiger partial charge in [0.15, 0.2) is 5.13 Å².